The Bertz CT molecular complexity index is 975. The molecule has 0 heterocycles. The van der Waals surface area contributed by atoms with Gasteiger partial charge in [0.1, 0.15) is 17.2 Å². The van der Waals surface area contributed by atoms with Gasteiger partial charge in [-0.05, 0) is 84.7 Å². The van der Waals surface area contributed by atoms with Crippen LogP contribution >= 0.6 is 11.6 Å². The van der Waals surface area contributed by atoms with Crippen LogP contribution < -0.4 is 9.47 Å². The summed E-state index contributed by atoms with van der Waals surface area (Å²) in [6.07, 6.45) is 3.87. The Kier molecular flexibility index (Phi) is 7.91. The maximum Gasteiger partial charge on any atom is 0.387 e. The minimum atomic E-state index is -2.80. The van der Waals surface area contributed by atoms with Crippen molar-refractivity contribution in [3.63, 3.8) is 0 Å². The van der Waals surface area contributed by atoms with Gasteiger partial charge in [0.25, 0.3) is 0 Å². The van der Waals surface area contributed by atoms with Crippen LogP contribution in [0.5, 0.6) is 17.2 Å². The Morgan fingerprint density at radius 3 is 2.23 bits per heavy atom. The third-order valence-corrected chi connectivity index (χ3v) is 5.92. The molecule has 0 aliphatic heterocycles. The van der Waals surface area contributed by atoms with E-state index in [0.29, 0.717) is 10.8 Å². The van der Waals surface area contributed by atoms with Gasteiger partial charge in [0.05, 0.1) is 0 Å². The van der Waals surface area contributed by atoms with Gasteiger partial charge in [-0.1, -0.05) is 55.8 Å². The summed E-state index contributed by atoms with van der Waals surface area (Å²) in [5.41, 5.74) is 2.31. The van der Waals surface area contributed by atoms with Crippen LogP contribution in [0.4, 0.5) is 8.78 Å². The highest BCUT2D eigenvalue weighted by Crippen LogP contribution is 2.34. The topological polar surface area (TPSA) is 18.5 Å². The highest BCUT2D eigenvalue weighted by atomic mass is 35.5. The maximum absolute atomic E-state index is 12.4. The molecule has 0 radical (unpaired) electrons. The van der Waals surface area contributed by atoms with Crippen molar-refractivity contribution in [3.05, 3.63) is 88.9 Å². The lowest BCUT2D eigenvalue weighted by atomic mass is 9.76. The molecule has 0 spiro atoms. The van der Waals surface area contributed by atoms with E-state index in [0.717, 1.165) is 37.0 Å². The third-order valence-electron chi connectivity index (χ3n) is 5.68. The number of hydrogen-bond donors (Lipinski definition) is 0. The molecule has 3 rings (SSSR count). The molecule has 2 nitrogen and oxygen atoms in total. The van der Waals surface area contributed by atoms with Gasteiger partial charge in [-0.3, -0.25) is 0 Å². The monoisotopic (exact) mass is 444 g/mol. The summed E-state index contributed by atoms with van der Waals surface area (Å²) < 4.78 is 35.1. The van der Waals surface area contributed by atoms with Crippen LogP contribution in [-0.4, -0.2) is 6.61 Å². The van der Waals surface area contributed by atoms with Crippen molar-refractivity contribution < 1.29 is 18.3 Å². The van der Waals surface area contributed by atoms with Gasteiger partial charge < -0.3 is 9.47 Å². The number of alkyl halides is 2. The zero-order valence-corrected chi connectivity index (χ0v) is 18.5. The fourth-order valence-corrected chi connectivity index (χ4v) is 3.86. The first-order chi connectivity index (χ1) is 14.9. The van der Waals surface area contributed by atoms with Crippen LogP contribution in [0.15, 0.2) is 72.8 Å². The van der Waals surface area contributed by atoms with Crippen molar-refractivity contribution in [2.45, 2.75) is 51.6 Å². The van der Waals surface area contributed by atoms with Gasteiger partial charge in [-0.15, -0.1) is 0 Å². The standard InChI is InChI=1S/C26H27ClF2O2/c1-3-26(2,20-12-14-22(15-13-20)31-25(28)29)16-6-8-19-7-4-10-23(17-19)30-24-11-5-9-21(27)18-24/h4-5,7,9-15,17-18,25H,3,6,8,16H2,1-2H3. The molecule has 0 N–H and O–H groups in total. The van der Waals surface area contributed by atoms with Gasteiger partial charge in [0.15, 0.2) is 0 Å². The first-order valence-corrected chi connectivity index (χ1v) is 10.8. The van der Waals surface area contributed by atoms with Crippen molar-refractivity contribution in [2.24, 2.45) is 0 Å². The highest BCUT2D eigenvalue weighted by molar-refractivity contribution is 6.30. The molecule has 0 saturated carbocycles. The molecule has 1 unspecified atom stereocenters. The summed E-state index contributed by atoms with van der Waals surface area (Å²) >= 11 is 6.03. The van der Waals surface area contributed by atoms with E-state index >= 15 is 0 Å². The maximum atomic E-state index is 12.4. The molecule has 0 bridgehead atoms. The number of hydrogen-bond acceptors (Lipinski definition) is 2. The average Bonchev–Trinajstić information content (AvgIpc) is 2.74. The molecule has 3 aromatic rings. The van der Waals surface area contributed by atoms with Crippen molar-refractivity contribution in [3.8, 4) is 17.2 Å². The fraction of sp³-hybridized carbons (Fsp3) is 0.308. The van der Waals surface area contributed by atoms with Gasteiger partial charge >= 0.3 is 6.61 Å². The number of aryl methyl sites for hydroxylation is 1. The number of benzene rings is 3. The molecule has 1 atom stereocenters. The van der Waals surface area contributed by atoms with E-state index in [-0.39, 0.29) is 11.2 Å². The Balaban J connectivity index is 1.60. The van der Waals surface area contributed by atoms with Crippen LogP contribution in [0.25, 0.3) is 0 Å². The highest BCUT2D eigenvalue weighted by Gasteiger charge is 2.24. The molecular weight excluding hydrogens is 418 g/mol. The summed E-state index contributed by atoms with van der Waals surface area (Å²) in [5, 5.41) is 0.640. The predicted molar refractivity (Wildman–Crippen MR) is 122 cm³/mol. The normalized spacial score (nSPS) is 13.1. The molecule has 0 aromatic heterocycles. The first-order valence-electron chi connectivity index (χ1n) is 10.5. The quantitative estimate of drug-likeness (QED) is 0.312. The predicted octanol–water partition coefficient (Wildman–Crippen LogP) is 8.42. The Hall–Kier alpha value is -2.59. The van der Waals surface area contributed by atoms with E-state index in [1.807, 2.05) is 42.5 Å². The van der Waals surface area contributed by atoms with E-state index < -0.39 is 6.61 Å². The summed E-state index contributed by atoms with van der Waals surface area (Å²) in [6, 6.07) is 22.4. The Morgan fingerprint density at radius 2 is 1.58 bits per heavy atom. The fourth-order valence-electron chi connectivity index (χ4n) is 3.68. The van der Waals surface area contributed by atoms with Crippen LogP contribution in [-0.2, 0) is 11.8 Å². The number of halogens is 3. The zero-order chi connectivity index (χ0) is 22.3. The SMILES string of the molecule is CCC(C)(CCCc1cccc(Oc2cccc(Cl)c2)c1)c1ccc(OC(F)F)cc1. The number of ether oxygens (including phenoxy) is 2. The van der Waals surface area contributed by atoms with Crippen LogP contribution in [0.2, 0.25) is 5.02 Å². The molecular formula is C26H27ClF2O2. The van der Waals surface area contributed by atoms with Crippen molar-refractivity contribution in [1.29, 1.82) is 0 Å². The summed E-state index contributed by atoms with van der Waals surface area (Å²) in [7, 11) is 0. The lowest BCUT2D eigenvalue weighted by Gasteiger charge is -2.29. The number of rotatable bonds is 10. The second kappa shape index (κ2) is 10.6. The smallest absolute Gasteiger partial charge is 0.387 e. The Labute approximate surface area is 187 Å². The largest absolute Gasteiger partial charge is 0.457 e. The average molecular weight is 445 g/mol. The Morgan fingerprint density at radius 1 is 0.903 bits per heavy atom. The lowest BCUT2D eigenvalue weighted by Crippen LogP contribution is -2.21. The van der Waals surface area contributed by atoms with E-state index in [1.165, 1.54) is 5.56 Å². The van der Waals surface area contributed by atoms with Crippen molar-refractivity contribution >= 4 is 11.6 Å². The van der Waals surface area contributed by atoms with Crippen LogP contribution in [0, 0.1) is 0 Å². The summed E-state index contributed by atoms with van der Waals surface area (Å²) in [5.74, 6) is 1.68. The van der Waals surface area contributed by atoms with E-state index in [1.54, 1.807) is 18.2 Å². The molecule has 0 amide bonds. The van der Waals surface area contributed by atoms with Gasteiger partial charge in [0, 0.05) is 5.02 Å². The van der Waals surface area contributed by atoms with E-state index in [2.05, 4.69) is 30.7 Å². The molecule has 0 aliphatic carbocycles. The molecule has 31 heavy (non-hydrogen) atoms. The molecule has 0 aliphatic rings. The first kappa shape index (κ1) is 23.1. The molecule has 0 saturated heterocycles. The van der Waals surface area contributed by atoms with E-state index in [4.69, 9.17) is 16.3 Å². The minimum absolute atomic E-state index is 0.0295. The van der Waals surface area contributed by atoms with Gasteiger partial charge in [-0.25, -0.2) is 0 Å². The molecule has 3 aromatic carbocycles. The van der Waals surface area contributed by atoms with E-state index in [9.17, 15) is 8.78 Å². The molecule has 5 heteroatoms. The van der Waals surface area contributed by atoms with Gasteiger partial charge in [0.2, 0.25) is 0 Å². The summed E-state index contributed by atoms with van der Waals surface area (Å²) in [6.45, 7) is 1.57. The second-order valence-electron chi connectivity index (χ2n) is 7.88. The van der Waals surface area contributed by atoms with Crippen LogP contribution in [0.1, 0.15) is 44.2 Å². The lowest BCUT2D eigenvalue weighted by molar-refractivity contribution is -0.0498. The molecule has 164 valence electrons. The second-order valence-corrected chi connectivity index (χ2v) is 8.31. The van der Waals surface area contributed by atoms with Crippen molar-refractivity contribution in [2.75, 3.05) is 0 Å². The molecule has 0 fully saturated rings. The third kappa shape index (κ3) is 6.70. The van der Waals surface area contributed by atoms with Crippen molar-refractivity contribution in [1.82, 2.24) is 0 Å². The van der Waals surface area contributed by atoms with Crippen LogP contribution in [0.3, 0.4) is 0 Å². The minimum Gasteiger partial charge on any atom is -0.457 e. The summed E-state index contributed by atoms with van der Waals surface area (Å²) in [4.78, 5) is 0. The van der Waals surface area contributed by atoms with Gasteiger partial charge in [-0.2, -0.15) is 8.78 Å². The zero-order valence-electron chi connectivity index (χ0n) is 17.8.